The van der Waals surface area contributed by atoms with E-state index in [0.717, 1.165) is 17.7 Å². The van der Waals surface area contributed by atoms with Crippen LogP contribution >= 0.6 is 0 Å². The van der Waals surface area contributed by atoms with E-state index in [1.54, 1.807) is 7.11 Å². The fourth-order valence-electron chi connectivity index (χ4n) is 4.01. The zero-order chi connectivity index (χ0) is 19.3. The molecule has 1 atom stereocenters. The van der Waals surface area contributed by atoms with Crippen LogP contribution in [0.4, 0.5) is 0 Å². The molecule has 6 nitrogen and oxygen atoms in total. The summed E-state index contributed by atoms with van der Waals surface area (Å²) in [7, 11) is 1.64. The van der Waals surface area contributed by atoms with Crippen molar-refractivity contribution in [2.45, 2.75) is 32.6 Å². The minimum atomic E-state index is -0.576. The van der Waals surface area contributed by atoms with Gasteiger partial charge in [0, 0.05) is 19.7 Å². The predicted molar refractivity (Wildman–Crippen MR) is 101 cm³/mol. The lowest BCUT2D eigenvalue weighted by molar-refractivity contribution is -0.160. The van der Waals surface area contributed by atoms with Crippen LogP contribution in [-0.2, 0) is 25.5 Å². The van der Waals surface area contributed by atoms with E-state index in [1.165, 1.54) is 0 Å². The van der Waals surface area contributed by atoms with Gasteiger partial charge in [0.15, 0.2) is 0 Å². The van der Waals surface area contributed by atoms with Crippen molar-refractivity contribution in [2.75, 3.05) is 40.0 Å². The molecule has 2 saturated heterocycles. The van der Waals surface area contributed by atoms with Crippen LogP contribution in [0.5, 0.6) is 5.75 Å². The fourth-order valence-corrected chi connectivity index (χ4v) is 4.01. The highest BCUT2D eigenvalue weighted by Gasteiger charge is 2.44. The number of methoxy groups -OCH3 is 1. The van der Waals surface area contributed by atoms with E-state index in [2.05, 4.69) is 0 Å². The van der Waals surface area contributed by atoms with Gasteiger partial charge in [0.2, 0.25) is 5.91 Å². The summed E-state index contributed by atoms with van der Waals surface area (Å²) in [6, 6.07) is 7.81. The minimum Gasteiger partial charge on any atom is -0.497 e. The van der Waals surface area contributed by atoms with Crippen LogP contribution in [0.25, 0.3) is 0 Å². The third kappa shape index (κ3) is 4.43. The molecule has 0 bridgehead atoms. The van der Waals surface area contributed by atoms with Crippen molar-refractivity contribution in [2.24, 2.45) is 11.3 Å². The van der Waals surface area contributed by atoms with Gasteiger partial charge in [-0.15, -0.1) is 0 Å². The van der Waals surface area contributed by atoms with Gasteiger partial charge in [0.05, 0.1) is 31.7 Å². The molecule has 2 aliphatic rings. The van der Waals surface area contributed by atoms with Gasteiger partial charge in [0.1, 0.15) is 5.75 Å². The van der Waals surface area contributed by atoms with Crippen molar-refractivity contribution in [3.63, 3.8) is 0 Å². The number of benzene rings is 1. The van der Waals surface area contributed by atoms with Gasteiger partial charge in [-0.1, -0.05) is 12.1 Å². The lowest BCUT2D eigenvalue weighted by Gasteiger charge is -2.40. The van der Waals surface area contributed by atoms with E-state index in [-0.39, 0.29) is 17.8 Å². The second-order valence-electron chi connectivity index (χ2n) is 7.41. The zero-order valence-corrected chi connectivity index (χ0v) is 16.2. The molecule has 0 N–H and O–H groups in total. The number of rotatable bonds is 6. The number of nitrogens with zero attached hydrogens (tertiary/aromatic N) is 1. The van der Waals surface area contributed by atoms with E-state index >= 15 is 0 Å². The first-order valence-electron chi connectivity index (χ1n) is 9.74. The van der Waals surface area contributed by atoms with Crippen LogP contribution in [0.2, 0.25) is 0 Å². The summed E-state index contributed by atoms with van der Waals surface area (Å²) in [6.45, 7) is 4.55. The Bertz CT molecular complexity index is 643. The minimum absolute atomic E-state index is 0.0262. The second-order valence-corrected chi connectivity index (χ2v) is 7.41. The summed E-state index contributed by atoms with van der Waals surface area (Å²) < 4.78 is 16.0. The largest absolute Gasteiger partial charge is 0.497 e. The first kappa shape index (κ1) is 19.7. The number of esters is 1. The number of hydrogen-bond donors (Lipinski definition) is 0. The molecule has 1 aromatic rings. The highest BCUT2D eigenvalue weighted by atomic mass is 16.5. The molecule has 0 aliphatic carbocycles. The van der Waals surface area contributed by atoms with Crippen molar-refractivity contribution in [1.82, 2.24) is 4.90 Å². The normalized spacial score (nSPS) is 21.7. The van der Waals surface area contributed by atoms with Crippen LogP contribution in [0.3, 0.4) is 0 Å². The van der Waals surface area contributed by atoms with Crippen molar-refractivity contribution < 1.29 is 23.8 Å². The molecule has 0 spiro atoms. The first-order valence-corrected chi connectivity index (χ1v) is 9.74. The van der Waals surface area contributed by atoms with Crippen LogP contribution < -0.4 is 4.74 Å². The summed E-state index contributed by atoms with van der Waals surface area (Å²) >= 11 is 0. The Hall–Kier alpha value is -2.08. The zero-order valence-electron chi connectivity index (χ0n) is 16.2. The van der Waals surface area contributed by atoms with Crippen molar-refractivity contribution in [3.05, 3.63) is 29.8 Å². The number of carbonyl (C=O) groups is 2. The van der Waals surface area contributed by atoms with E-state index in [9.17, 15) is 9.59 Å². The summed E-state index contributed by atoms with van der Waals surface area (Å²) in [5.74, 6) is 0.774. The highest BCUT2D eigenvalue weighted by Crippen LogP contribution is 2.37. The molecule has 148 valence electrons. The average molecular weight is 375 g/mol. The third-order valence-electron chi connectivity index (χ3n) is 5.72. The van der Waals surface area contributed by atoms with Gasteiger partial charge in [-0.3, -0.25) is 9.59 Å². The Morgan fingerprint density at radius 2 is 1.93 bits per heavy atom. The van der Waals surface area contributed by atoms with Crippen LogP contribution in [0.15, 0.2) is 24.3 Å². The number of amides is 1. The Morgan fingerprint density at radius 3 is 2.48 bits per heavy atom. The first-order chi connectivity index (χ1) is 13.1. The molecule has 6 heteroatoms. The number of carbonyl (C=O) groups excluding carboxylic acids is 2. The van der Waals surface area contributed by atoms with E-state index in [4.69, 9.17) is 14.2 Å². The average Bonchev–Trinajstić information content (AvgIpc) is 3.23. The molecule has 27 heavy (non-hydrogen) atoms. The second kappa shape index (κ2) is 8.74. The molecule has 0 aromatic heterocycles. The molecule has 0 radical (unpaired) electrons. The Labute approximate surface area is 160 Å². The molecule has 1 amide bonds. The Morgan fingerprint density at radius 1 is 1.22 bits per heavy atom. The molecule has 1 aromatic carbocycles. The molecular weight excluding hydrogens is 346 g/mol. The molecule has 3 rings (SSSR count). The van der Waals surface area contributed by atoms with Crippen LogP contribution in [0, 0.1) is 11.3 Å². The molecule has 2 heterocycles. The SMILES string of the molecule is CCOC(=O)C1(Cc2ccc(OC)cc2)CCN(C(=O)C2CCOC2)CC1. The summed E-state index contributed by atoms with van der Waals surface area (Å²) in [5.41, 5.74) is 0.501. The van der Waals surface area contributed by atoms with E-state index in [1.807, 2.05) is 36.1 Å². The van der Waals surface area contributed by atoms with Gasteiger partial charge >= 0.3 is 5.97 Å². The molecule has 2 fully saturated rings. The van der Waals surface area contributed by atoms with Gasteiger partial charge in [0.25, 0.3) is 0 Å². The quantitative estimate of drug-likeness (QED) is 0.715. The maximum absolute atomic E-state index is 12.8. The Kier molecular flexibility index (Phi) is 6.37. The maximum atomic E-state index is 12.8. The standard InChI is InChI=1S/C21H29NO5/c1-3-27-20(24)21(14-16-4-6-18(25-2)7-5-16)9-11-22(12-10-21)19(23)17-8-13-26-15-17/h4-7,17H,3,8-15H2,1-2H3. The lowest BCUT2D eigenvalue weighted by Crippen LogP contribution is -2.49. The van der Waals surface area contributed by atoms with Gasteiger partial charge < -0.3 is 19.1 Å². The van der Waals surface area contributed by atoms with Gasteiger partial charge in [-0.05, 0) is 50.3 Å². The lowest BCUT2D eigenvalue weighted by atomic mass is 9.73. The highest BCUT2D eigenvalue weighted by molar-refractivity contribution is 5.81. The summed E-state index contributed by atoms with van der Waals surface area (Å²) in [5, 5.41) is 0. The molecule has 2 aliphatic heterocycles. The maximum Gasteiger partial charge on any atom is 0.312 e. The topological polar surface area (TPSA) is 65.1 Å². The van der Waals surface area contributed by atoms with Crippen LogP contribution in [0.1, 0.15) is 31.7 Å². The predicted octanol–water partition coefficient (Wildman–Crippen LogP) is 2.45. The van der Waals surface area contributed by atoms with Crippen molar-refractivity contribution >= 4 is 11.9 Å². The number of ether oxygens (including phenoxy) is 3. The molecular formula is C21H29NO5. The van der Waals surface area contributed by atoms with E-state index < -0.39 is 5.41 Å². The summed E-state index contributed by atoms with van der Waals surface area (Å²) in [6.07, 6.45) is 2.66. The van der Waals surface area contributed by atoms with Gasteiger partial charge in [-0.25, -0.2) is 0 Å². The number of piperidine rings is 1. The van der Waals surface area contributed by atoms with E-state index in [0.29, 0.717) is 52.2 Å². The summed E-state index contributed by atoms with van der Waals surface area (Å²) in [4.78, 5) is 27.4. The van der Waals surface area contributed by atoms with Gasteiger partial charge in [-0.2, -0.15) is 0 Å². The Balaban J connectivity index is 1.70. The van der Waals surface area contributed by atoms with Crippen LogP contribution in [-0.4, -0.2) is 56.8 Å². The number of hydrogen-bond acceptors (Lipinski definition) is 5. The van der Waals surface area contributed by atoms with Crippen molar-refractivity contribution in [3.8, 4) is 5.75 Å². The monoisotopic (exact) mass is 375 g/mol. The molecule has 1 unspecified atom stereocenters. The third-order valence-corrected chi connectivity index (χ3v) is 5.72. The smallest absolute Gasteiger partial charge is 0.312 e. The molecule has 0 saturated carbocycles. The fraction of sp³-hybridized carbons (Fsp3) is 0.619. The number of likely N-dealkylation sites (tertiary alicyclic amines) is 1. The van der Waals surface area contributed by atoms with Crippen molar-refractivity contribution in [1.29, 1.82) is 0 Å².